The van der Waals surface area contributed by atoms with E-state index in [1.807, 2.05) is 0 Å². The second kappa shape index (κ2) is 7.96. The van der Waals surface area contributed by atoms with Gasteiger partial charge < -0.3 is 5.32 Å². The highest BCUT2D eigenvalue weighted by Gasteiger charge is 2.16. The van der Waals surface area contributed by atoms with E-state index in [0.29, 0.717) is 0 Å². The minimum atomic E-state index is -3.94. The molecule has 9 heteroatoms. The van der Waals surface area contributed by atoms with Crippen LogP contribution in [0.5, 0.6) is 0 Å². The second-order valence-electron chi connectivity index (χ2n) is 6.18. The van der Waals surface area contributed by atoms with Gasteiger partial charge in [-0.2, -0.15) is 0 Å². The first kappa shape index (κ1) is 20.4. The van der Waals surface area contributed by atoms with Crippen molar-refractivity contribution in [3.63, 3.8) is 0 Å². The number of sulfonamides is 1. The average molecular weight is 420 g/mol. The fourth-order valence-electron chi connectivity index (χ4n) is 2.47. The van der Waals surface area contributed by atoms with Crippen LogP contribution in [0.4, 0.5) is 24.5 Å². The van der Waals surface area contributed by atoms with Gasteiger partial charge in [0.25, 0.3) is 15.9 Å². The van der Waals surface area contributed by atoms with E-state index in [9.17, 15) is 26.4 Å². The standard InChI is InChI=1S/C20H15F3N2O3S/c1-12-10-16(7-9-17(12)21)29(27,28)25-14-4-2-13(3-5-14)20(26)24-15-6-8-18(22)19(23)11-15/h2-11,25H,1H3,(H,24,26). The minimum Gasteiger partial charge on any atom is -0.322 e. The third kappa shape index (κ3) is 4.75. The maximum Gasteiger partial charge on any atom is 0.261 e. The fraction of sp³-hybridized carbons (Fsp3) is 0.0500. The van der Waals surface area contributed by atoms with Crippen LogP contribution in [0.2, 0.25) is 0 Å². The molecule has 0 atom stereocenters. The molecule has 0 saturated carbocycles. The second-order valence-corrected chi connectivity index (χ2v) is 7.86. The van der Waals surface area contributed by atoms with Crippen LogP contribution in [-0.2, 0) is 10.0 Å². The summed E-state index contributed by atoms with van der Waals surface area (Å²) in [7, 11) is -3.94. The monoisotopic (exact) mass is 420 g/mol. The molecule has 2 N–H and O–H groups in total. The molecule has 0 spiro atoms. The van der Waals surface area contributed by atoms with E-state index in [4.69, 9.17) is 0 Å². The van der Waals surface area contributed by atoms with E-state index in [1.165, 1.54) is 43.3 Å². The molecule has 3 rings (SSSR count). The lowest BCUT2D eigenvalue weighted by Gasteiger charge is -2.10. The molecule has 0 fully saturated rings. The summed E-state index contributed by atoms with van der Waals surface area (Å²) in [6.45, 7) is 1.45. The Bertz CT molecular complexity index is 1180. The zero-order valence-electron chi connectivity index (χ0n) is 15.0. The number of aryl methyl sites for hydroxylation is 1. The lowest BCUT2D eigenvalue weighted by atomic mass is 10.2. The van der Waals surface area contributed by atoms with Gasteiger partial charge >= 0.3 is 0 Å². The first-order chi connectivity index (χ1) is 13.7. The lowest BCUT2D eigenvalue weighted by molar-refractivity contribution is 0.102. The van der Waals surface area contributed by atoms with E-state index in [2.05, 4.69) is 10.0 Å². The minimum absolute atomic E-state index is 0.0744. The van der Waals surface area contributed by atoms with Gasteiger partial charge in [0, 0.05) is 23.0 Å². The molecule has 0 saturated heterocycles. The third-order valence-corrected chi connectivity index (χ3v) is 5.40. The molecule has 0 bridgehead atoms. The summed E-state index contributed by atoms with van der Waals surface area (Å²) < 4.78 is 66.6. The SMILES string of the molecule is Cc1cc(S(=O)(=O)Nc2ccc(C(=O)Nc3ccc(F)c(F)c3)cc2)ccc1F. The Labute approximate surface area is 165 Å². The van der Waals surface area contributed by atoms with Gasteiger partial charge in [-0.1, -0.05) is 0 Å². The third-order valence-electron chi connectivity index (χ3n) is 4.02. The van der Waals surface area contributed by atoms with Crippen LogP contribution in [0.3, 0.4) is 0 Å². The van der Waals surface area contributed by atoms with Gasteiger partial charge in [0.1, 0.15) is 5.82 Å². The molecular weight excluding hydrogens is 405 g/mol. The molecule has 5 nitrogen and oxygen atoms in total. The summed E-state index contributed by atoms with van der Waals surface area (Å²) in [6.07, 6.45) is 0. The maximum absolute atomic E-state index is 13.3. The summed E-state index contributed by atoms with van der Waals surface area (Å²) in [5.74, 6) is -3.22. The Hall–Kier alpha value is -3.33. The Morgan fingerprint density at radius 1 is 0.793 bits per heavy atom. The van der Waals surface area contributed by atoms with Crippen molar-refractivity contribution in [1.29, 1.82) is 0 Å². The molecule has 3 aromatic carbocycles. The number of hydrogen-bond acceptors (Lipinski definition) is 3. The van der Waals surface area contributed by atoms with Crippen LogP contribution in [0.25, 0.3) is 0 Å². The van der Waals surface area contributed by atoms with E-state index in [0.717, 1.165) is 24.3 Å². The van der Waals surface area contributed by atoms with Gasteiger partial charge in [-0.25, -0.2) is 21.6 Å². The van der Waals surface area contributed by atoms with Gasteiger partial charge in [0.15, 0.2) is 11.6 Å². The number of hydrogen-bond donors (Lipinski definition) is 2. The van der Waals surface area contributed by atoms with Crippen molar-refractivity contribution in [3.8, 4) is 0 Å². The number of benzene rings is 3. The largest absolute Gasteiger partial charge is 0.322 e. The van der Waals surface area contributed by atoms with Crippen LogP contribution in [0, 0.1) is 24.4 Å². The zero-order valence-corrected chi connectivity index (χ0v) is 15.9. The molecule has 0 unspecified atom stereocenters. The summed E-state index contributed by atoms with van der Waals surface area (Å²) in [6, 6.07) is 11.8. The Kier molecular flexibility index (Phi) is 5.60. The van der Waals surface area contributed by atoms with Gasteiger partial charge in [-0.15, -0.1) is 0 Å². The molecule has 0 aliphatic rings. The average Bonchev–Trinajstić information content (AvgIpc) is 2.67. The van der Waals surface area contributed by atoms with E-state index < -0.39 is 33.4 Å². The molecular formula is C20H15F3N2O3S. The first-order valence-corrected chi connectivity index (χ1v) is 9.79. The summed E-state index contributed by atoms with van der Waals surface area (Å²) in [5, 5.41) is 2.41. The molecule has 3 aromatic rings. The first-order valence-electron chi connectivity index (χ1n) is 8.31. The number of halogens is 3. The number of amides is 1. The highest BCUT2D eigenvalue weighted by Crippen LogP contribution is 2.20. The highest BCUT2D eigenvalue weighted by atomic mass is 32.2. The van der Waals surface area contributed by atoms with Crippen LogP contribution >= 0.6 is 0 Å². The quantitative estimate of drug-likeness (QED) is 0.640. The van der Waals surface area contributed by atoms with Crippen LogP contribution in [0.1, 0.15) is 15.9 Å². The number of rotatable bonds is 5. The molecule has 0 aromatic heterocycles. The van der Waals surface area contributed by atoms with Crippen molar-refractivity contribution in [1.82, 2.24) is 0 Å². The molecule has 0 radical (unpaired) electrons. The molecule has 0 heterocycles. The Morgan fingerprint density at radius 2 is 1.41 bits per heavy atom. The summed E-state index contributed by atoms with van der Waals surface area (Å²) >= 11 is 0. The normalized spacial score (nSPS) is 11.2. The molecule has 29 heavy (non-hydrogen) atoms. The number of anilines is 2. The fourth-order valence-corrected chi connectivity index (χ4v) is 3.61. The van der Waals surface area contributed by atoms with Crippen molar-refractivity contribution < 1.29 is 26.4 Å². The van der Waals surface area contributed by atoms with E-state index in [1.54, 1.807) is 0 Å². The molecule has 0 aliphatic heterocycles. The molecule has 0 aliphatic carbocycles. The Morgan fingerprint density at radius 3 is 2.03 bits per heavy atom. The number of carbonyl (C=O) groups is 1. The predicted molar refractivity (Wildman–Crippen MR) is 103 cm³/mol. The van der Waals surface area contributed by atoms with Crippen LogP contribution < -0.4 is 10.0 Å². The molecule has 150 valence electrons. The van der Waals surface area contributed by atoms with Crippen molar-refractivity contribution >= 4 is 27.3 Å². The predicted octanol–water partition coefficient (Wildman–Crippen LogP) is 4.47. The highest BCUT2D eigenvalue weighted by molar-refractivity contribution is 7.92. The topological polar surface area (TPSA) is 75.3 Å². The van der Waals surface area contributed by atoms with Crippen molar-refractivity contribution in [2.24, 2.45) is 0 Å². The lowest BCUT2D eigenvalue weighted by Crippen LogP contribution is -2.14. The van der Waals surface area contributed by atoms with E-state index >= 15 is 0 Å². The number of carbonyl (C=O) groups excluding carboxylic acids is 1. The van der Waals surface area contributed by atoms with Gasteiger partial charge in [-0.05, 0) is 67.1 Å². The van der Waals surface area contributed by atoms with E-state index in [-0.39, 0.29) is 27.4 Å². The Balaban J connectivity index is 1.73. The van der Waals surface area contributed by atoms with Gasteiger partial charge in [-0.3, -0.25) is 9.52 Å². The van der Waals surface area contributed by atoms with Crippen LogP contribution in [0.15, 0.2) is 65.6 Å². The summed E-state index contributed by atoms with van der Waals surface area (Å²) in [4.78, 5) is 12.1. The molecule has 1 amide bonds. The zero-order chi connectivity index (χ0) is 21.2. The smallest absolute Gasteiger partial charge is 0.261 e. The van der Waals surface area contributed by atoms with Crippen LogP contribution in [-0.4, -0.2) is 14.3 Å². The summed E-state index contributed by atoms with van der Waals surface area (Å²) in [5.41, 5.74) is 0.633. The maximum atomic E-state index is 13.3. The van der Waals surface area contributed by atoms with Crippen molar-refractivity contribution in [2.75, 3.05) is 10.0 Å². The van der Waals surface area contributed by atoms with Gasteiger partial charge in [0.2, 0.25) is 0 Å². The van der Waals surface area contributed by atoms with Gasteiger partial charge in [0.05, 0.1) is 4.90 Å². The van der Waals surface area contributed by atoms with Crippen molar-refractivity contribution in [3.05, 3.63) is 89.2 Å². The number of nitrogens with one attached hydrogen (secondary N) is 2. The van der Waals surface area contributed by atoms with Crippen molar-refractivity contribution in [2.45, 2.75) is 11.8 Å².